The molecule has 0 amide bonds. The van der Waals surface area contributed by atoms with E-state index in [1.54, 1.807) is 0 Å². The lowest BCUT2D eigenvalue weighted by Crippen LogP contribution is -1.88. The van der Waals surface area contributed by atoms with Crippen LogP contribution >= 0.6 is 0 Å². The highest BCUT2D eigenvalue weighted by atomic mass is 19.1. The summed E-state index contributed by atoms with van der Waals surface area (Å²) in [5.41, 5.74) is 8.25. The normalized spacial score (nSPS) is 9.64. The maximum atomic E-state index is 12.6. The van der Waals surface area contributed by atoms with Crippen molar-refractivity contribution >= 4 is 0 Å². The van der Waals surface area contributed by atoms with E-state index in [4.69, 9.17) is 5.53 Å². The maximum Gasteiger partial charge on any atom is 0.131 e. The van der Waals surface area contributed by atoms with Gasteiger partial charge in [0.15, 0.2) is 0 Å². The zero-order valence-corrected chi connectivity index (χ0v) is 5.59. The lowest BCUT2D eigenvalue weighted by atomic mass is 10.2. The fraction of sp³-hybridized carbons (Fsp3) is 0.143. The second kappa shape index (κ2) is 3.18. The molecule has 0 heterocycles. The average Bonchev–Trinajstić information content (AvgIpc) is 1.95. The molecule has 0 aromatic heterocycles. The molecule has 0 bridgehead atoms. The van der Waals surface area contributed by atoms with Gasteiger partial charge in [0.05, 0.1) is 0 Å². The molecule has 4 heteroatoms. The Morgan fingerprint density at radius 2 is 2.09 bits per heavy atom. The van der Waals surface area contributed by atoms with Crippen molar-refractivity contribution < 1.29 is 8.78 Å². The quantitative estimate of drug-likeness (QED) is 0.588. The first-order valence-electron chi connectivity index (χ1n) is 2.99. The molecular formula is C7H5F2N2-. The number of halogens is 2. The average molecular weight is 155 g/mol. The summed E-state index contributed by atoms with van der Waals surface area (Å²) in [6, 6.07) is 3.11. The Bertz CT molecular complexity index is 273. The van der Waals surface area contributed by atoms with Gasteiger partial charge in [-0.1, -0.05) is 6.07 Å². The molecule has 0 radical (unpaired) electrons. The van der Waals surface area contributed by atoms with E-state index < -0.39 is 11.6 Å². The molecule has 0 N–H and O–H groups in total. The Kier molecular flexibility index (Phi) is 2.25. The van der Waals surface area contributed by atoms with Crippen molar-refractivity contribution in [2.75, 3.05) is 0 Å². The van der Waals surface area contributed by atoms with Crippen LogP contribution in [0, 0.1) is 11.6 Å². The minimum atomic E-state index is -0.692. The van der Waals surface area contributed by atoms with Gasteiger partial charge in [-0.25, -0.2) is 8.78 Å². The van der Waals surface area contributed by atoms with E-state index in [0.717, 1.165) is 12.1 Å². The number of hydrogen-bond donors (Lipinski definition) is 0. The van der Waals surface area contributed by atoms with Gasteiger partial charge in [0.1, 0.15) is 11.6 Å². The van der Waals surface area contributed by atoms with Gasteiger partial charge >= 0.3 is 0 Å². The lowest BCUT2D eigenvalue weighted by Gasteiger charge is -1.99. The molecule has 1 rings (SSSR count). The summed E-state index contributed by atoms with van der Waals surface area (Å²) in [5.74, 6) is -1.33. The Morgan fingerprint density at radius 3 is 2.64 bits per heavy atom. The Morgan fingerprint density at radius 1 is 1.36 bits per heavy atom. The van der Waals surface area contributed by atoms with Gasteiger partial charge in [0, 0.05) is 18.2 Å². The zero-order valence-electron chi connectivity index (χ0n) is 5.59. The minimum absolute atomic E-state index is 0.147. The summed E-state index contributed by atoms with van der Waals surface area (Å²) in [6.07, 6.45) is 0. The number of hydrogen-bond acceptors (Lipinski definition) is 1. The summed E-state index contributed by atoms with van der Waals surface area (Å²) < 4.78 is 24.9. The molecule has 0 fully saturated rings. The Hall–Kier alpha value is -1.32. The molecular weight excluding hydrogens is 150 g/mol. The number of benzene rings is 1. The molecule has 58 valence electrons. The summed E-state index contributed by atoms with van der Waals surface area (Å²) in [6.45, 7) is -0.147. The van der Waals surface area contributed by atoms with Gasteiger partial charge in [-0.3, -0.25) is 0 Å². The molecule has 0 aliphatic heterocycles. The molecule has 0 saturated carbocycles. The van der Waals surface area contributed by atoms with E-state index in [1.165, 1.54) is 6.07 Å². The maximum absolute atomic E-state index is 12.6. The van der Waals surface area contributed by atoms with Crippen molar-refractivity contribution in [2.45, 2.75) is 6.54 Å². The van der Waals surface area contributed by atoms with Crippen LogP contribution in [0.25, 0.3) is 5.53 Å². The van der Waals surface area contributed by atoms with Crippen molar-refractivity contribution in [3.8, 4) is 0 Å². The molecule has 0 unspecified atom stereocenters. The highest BCUT2D eigenvalue weighted by Gasteiger charge is 2.00. The zero-order chi connectivity index (χ0) is 8.27. The molecule has 0 aliphatic carbocycles. The topological polar surface area (TPSA) is 34.7 Å². The van der Waals surface area contributed by atoms with Gasteiger partial charge < -0.3 is 10.6 Å². The van der Waals surface area contributed by atoms with Crippen LogP contribution in [-0.4, -0.2) is 0 Å². The van der Waals surface area contributed by atoms with E-state index in [1.807, 2.05) is 0 Å². The fourth-order valence-electron chi connectivity index (χ4n) is 0.726. The van der Waals surface area contributed by atoms with Gasteiger partial charge in [-0.15, -0.1) is 0 Å². The molecule has 1 aromatic carbocycles. The van der Waals surface area contributed by atoms with Crippen LogP contribution in [0.2, 0.25) is 0 Å². The van der Waals surface area contributed by atoms with Crippen molar-refractivity contribution in [1.29, 1.82) is 0 Å². The van der Waals surface area contributed by atoms with Crippen LogP contribution in [0.1, 0.15) is 5.56 Å². The minimum Gasteiger partial charge on any atom is -0.712 e. The highest BCUT2D eigenvalue weighted by Crippen LogP contribution is 2.09. The summed E-state index contributed by atoms with van der Waals surface area (Å²) in [4.78, 5) is 0. The van der Waals surface area contributed by atoms with Gasteiger partial charge in [0.2, 0.25) is 0 Å². The van der Waals surface area contributed by atoms with Crippen LogP contribution in [0.5, 0.6) is 0 Å². The van der Waals surface area contributed by atoms with Gasteiger partial charge in [0.25, 0.3) is 0 Å². The van der Waals surface area contributed by atoms with Crippen molar-refractivity contribution in [3.05, 3.63) is 40.9 Å². The Labute approximate surface area is 62.4 Å². The first-order chi connectivity index (χ1) is 5.24. The highest BCUT2D eigenvalue weighted by molar-refractivity contribution is 5.18. The van der Waals surface area contributed by atoms with E-state index in [0.29, 0.717) is 0 Å². The number of nitrogens with zero attached hydrogens (tertiary/aromatic N) is 2. The molecule has 0 atom stereocenters. The van der Waals surface area contributed by atoms with Crippen LogP contribution in [-0.2, 0) is 6.54 Å². The number of rotatable bonds is 2. The first kappa shape index (κ1) is 7.78. The van der Waals surface area contributed by atoms with E-state index in [2.05, 4.69) is 5.11 Å². The third-order valence-corrected chi connectivity index (χ3v) is 1.26. The van der Waals surface area contributed by atoms with E-state index in [-0.39, 0.29) is 12.1 Å². The second-order valence-corrected chi connectivity index (χ2v) is 2.04. The smallest absolute Gasteiger partial charge is 0.131 e. The van der Waals surface area contributed by atoms with Gasteiger partial charge in [-0.2, -0.15) is 0 Å². The molecule has 1 aromatic rings. The molecule has 11 heavy (non-hydrogen) atoms. The third-order valence-electron chi connectivity index (χ3n) is 1.26. The summed E-state index contributed by atoms with van der Waals surface area (Å²) in [7, 11) is 0. The monoisotopic (exact) mass is 155 g/mol. The molecule has 2 nitrogen and oxygen atoms in total. The predicted molar refractivity (Wildman–Crippen MR) is 35.8 cm³/mol. The second-order valence-electron chi connectivity index (χ2n) is 2.04. The van der Waals surface area contributed by atoms with Crippen LogP contribution < -0.4 is 0 Å². The van der Waals surface area contributed by atoms with Crippen molar-refractivity contribution in [1.82, 2.24) is 0 Å². The first-order valence-corrected chi connectivity index (χ1v) is 2.99. The predicted octanol–water partition coefficient (Wildman–Crippen LogP) is 2.49. The lowest BCUT2D eigenvalue weighted by molar-refractivity contribution is 0.572. The van der Waals surface area contributed by atoms with Gasteiger partial charge in [-0.05, 0) is 6.07 Å². The molecule has 0 aliphatic rings. The SMILES string of the molecule is [N-]=NCc1ccc(F)cc1F. The fourth-order valence-corrected chi connectivity index (χ4v) is 0.726. The largest absolute Gasteiger partial charge is 0.712 e. The molecule has 0 saturated heterocycles. The Balaban J connectivity index is 2.98. The summed E-state index contributed by atoms with van der Waals surface area (Å²) >= 11 is 0. The van der Waals surface area contributed by atoms with Crippen LogP contribution in [0.3, 0.4) is 0 Å². The van der Waals surface area contributed by atoms with Crippen molar-refractivity contribution in [3.63, 3.8) is 0 Å². The van der Waals surface area contributed by atoms with E-state index >= 15 is 0 Å². The van der Waals surface area contributed by atoms with E-state index in [9.17, 15) is 8.78 Å². The standard InChI is InChI=1S/C7H5F2N2/c8-6-2-1-5(4-11-10)7(9)3-6/h1-3H,4H2/q-1. The third kappa shape index (κ3) is 1.80. The van der Waals surface area contributed by atoms with Crippen LogP contribution in [0.4, 0.5) is 8.78 Å². The van der Waals surface area contributed by atoms with Crippen molar-refractivity contribution in [2.24, 2.45) is 5.11 Å². The van der Waals surface area contributed by atoms with Crippen LogP contribution in [0.15, 0.2) is 23.3 Å². The molecule has 0 spiro atoms. The summed E-state index contributed by atoms with van der Waals surface area (Å²) in [5, 5.41) is 2.73.